The Kier molecular flexibility index (Phi) is 6.81. The van der Waals surface area contributed by atoms with Crippen LogP contribution < -0.4 is 15.4 Å². The van der Waals surface area contributed by atoms with E-state index in [4.69, 9.17) is 4.74 Å². The smallest absolute Gasteiger partial charge is 0.263 e. The number of carbonyl (C=O) groups excluding carboxylic acids is 1. The summed E-state index contributed by atoms with van der Waals surface area (Å²) in [5, 5.41) is 6.78. The van der Waals surface area contributed by atoms with E-state index in [9.17, 15) is 4.79 Å². The van der Waals surface area contributed by atoms with E-state index in [1.54, 1.807) is 0 Å². The summed E-state index contributed by atoms with van der Waals surface area (Å²) >= 11 is 1.34. The summed E-state index contributed by atoms with van der Waals surface area (Å²) in [5.74, 6) is 0.720. The van der Waals surface area contributed by atoms with Crippen LogP contribution in [0.5, 0.6) is 5.75 Å². The summed E-state index contributed by atoms with van der Waals surface area (Å²) in [6.07, 6.45) is 1.85. The number of aromatic nitrogens is 1. The lowest BCUT2D eigenvalue weighted by atomic mass is 10.2. The van der Waals surface area contributed by atoms with Crippen molar-refractivity contribution in [1.82, 2.24) is 10.3 Å². The first-order valence-electron chi connectivity index (χ1n) is 9.01. The van der Waals surface area contributed by atoms with Gasteiger partial charge in [-0.1, -0.05) is 59.9 Å². The first kappa shape index (κ1) is 19.6. The standard InChI is InChI=1S/C22H23N3O2S/c1-16(15-27-19-11-7-4-8-12-19)13-24-22-25-17(2)20(28-22)21(26)23-14-18-9-5-3-6-10-18/h3-13H,14-15H2,1-2H3,(H,23,26)(H,24,25)/b16-13+. The van der Waals surface area contributed by atoms with Crippen molar-refractivity contribution in [2.24, 2.45) is 0 Å². The van der Waals surface area contributed by atoms with Crippen LogP contribution >= 0.6 is 11.3 Å². The van der Waals surface area contributed by atoms with Crippen LogP contribution in [0.25, 0.3) is 0 Å². The number of carbonyl (C=O) groups is 1. The average molecular weight is 394 g/mol. The second kappa shape index (κ2) is 9.71. The lowest BCUT2D eigenvalue weighted by Crippen LogP contribution is -2.22. The first-order chi connectivity index (χ1) is 13.6. The quantitative estimate of drug-likeness (QED) is 0.578. The number of rotatable bonds is 8. The lowest BCUT2D eigenvalue weighted by Gasteiger charge is -2.06. The number of para-hydroxylation sites is 1. The molecule has 0 fully saturated rings. The van der Waals surface area contributed by atoms with E-state index in [2.05, 4.69) is 15.6 Å². The highest BCUT2D eigenvalue weighted by atomic mass is 32.1. The highest BCUT2D eigenvalue weighted by Gasteiger charge is 2.14. The molecule has 2 N–H and O–H groups in total. The molecule has 6 heteroatoms. The first-order valence-corrected chi connectivity index (χ1v) is 9.83. The Labute approximate surface area is 169 Å². The number of benzene rings is 2. The number of anilines is 1. The zero-order valence-corrected chi connectivity index (χ0v) is 16.8. The largest absolute Gasteiger partial charge is 0.489 e. The summed E-state index contributed by atoms with van der Waals surface area (Å²) in [7, 11) is 0. The van der Waals surface area contributed by atoms with Gasteiger partial charge in [-0.3, -0.25) is 4.79 Å². The molecule has 0 unspecified atom stereocenters. The van der Waals surface area contributed by atoms with E-state index in [0.717, 1.165) is 16.9 Å². The van der Waals surface area contributed by atoms with Gasteiger partial charge in [-0.2, -0.15) is 0 Å². The van der Waals surface area contributed by atoms with Crippen molar-refractivity contribution in [1.29, 1.82) is 0 Å². The van der Waals surface area contributed by atoms with E-state index < -0.39 is 0 Å². The van der Waals surface area contributed by atoms with Gasteiger partial charge in [0.15, 0.2) is 5.13 Å². The van der Waals surface area contributed by atoms with Crippen LogP contribution in [0, 0.1) is 6.92 Å². The molecule has 0 bridgehead atoms. The fourth-order valence-electron chi connectivity index (χ4n) is 2.47. The fourth-order valence-corrected chi connectivity index (χ4v) is 3.32. The average Bonchev–Trinajstić information content (AvgIpc) is 3.11. The number of hydrogen-bond acceptors (Lipinski definition) is 5. The Morgan fingerprint density at radius 1 is 1.11 bits per heavy atom. The molecule has 0 aliphatic carbocycles. The van der Waals surface area contributed by atoms with Gasteiger partial charge in [-0.25, -0.2) is 4.98 Å². The molecule has 0 spiro atoms. The van der Waals surface area contributed by atoms with Gasteiger partial charge in [0.05, 0.1) is 5.69 Å². The van der Waals surface area contributed by atoms with Gasteiger partial charge in [0.1, 0.15) is 17.2 Å². The van der Waals surface area contributed by atoms with Crippen LogP contribution in [0.3, 0.4) is 0 Å². The second-order valence-corrected chi connectivity index (χ2v) is 7.34. The van der Waals surface area contributed by atoms with Crippen LogP contribution in [0.1, 0.15) is 27.9 Å². The molecule has 0 radical (unpaired) electrons. The normalized spacial score (nSPS) is 11.1. The maximum absolute atomic E-state index is 12.4. The Morgan fingerprint density at radius 3 is 2.50 bits per heavy atom. The number of nitrogens with one attached hydrogen (secondary N) is 2. The van der Waals surface area contributed by atoms with Crippen LogP contribution in [0.15, 0.2) is 72.4 Å². The van der Waals surface area contributed by atoms with Gasteiger partial charge >= 0.3 is 0 Å². The van der Waals surface area contributed by atoms with E-state index in [1.807, 2.05) is 80.7 Å². The minimum Gasteiger partial charge on any atom is -0.489 e. The van der Waals surface area contributed by atoms with Crippen LogP contribution in [-0.4, -0.2) is 17.5 Å². The van der Waals surface area contributed by atoms with Crippen molar-refractivity contribution in [2.75, 3.05) is 11.9 Å². The van der Waals surface area contributed by atoms with Gasteiger partial charge in [0, 0.05) is 12.7 Å². The van der Waals surface area contributed by atoms with Gasteiger partial charge in [0.2, 0.25) is 0 Å². The zero-order chi connectivity index (χ0) is 19.8. The van der Waals surface area contributed by atoms with Crippen molar-refractivity contribution in [3.63, 3.8) is 0 Å². The highest BCUT2D eigenvalue weighted by Crippen LogP contribution is 2.23. The maximum atomic E-state index is 12.4. The minimum absolute atomic E-state index is 0.111. The Balaban J connectivity index is 1.53. The van der Waals surface area contributed by atoms with Gasteiger partial charge in [-0.15, -0.1) is 0 Å². The molecule has 0 saturated carbocycles. The topological polar surface area (TPSA) is 63.2 Å². The summed E-state index contributed by atoms with van der Waals surface area (Å²) in [6.45, 7) is 4.79. The van der Waals surface area contributed by atoms with E-state index >= 15 is 0 Å². The van der Waals surface area contributed by atoms with E-state index in [1.165, 1.54) is 11.3 Å². The summed E-state index contributed by atoms with van der Waals surface area (Å²) in [5.41, 5.74) is 2.80. The van der Waals surface area contributed by atoms with Gasteiger partial charge < -0.3 is 15.4 Å². The third kappa shape index (κ3) is 5.69. The third-order valence-electron chi connectivity index (χ3n) is 3.95. The molecule has 28 heavy (non-hydrogen) atoms. The number of amides is 1. The van der Waals surface area contributed by atoms with Crippen molar-refractivity contribution in [3.8, 4) is 5.75 Å². The van der Waals surface area contributed by atoms with Crippen LogP contribution in [0.4, 0.5) is 5.13 Å². The molecule has 3 aromatic rings. The van der Waals surface area contributed by atoms with Crippen molar-refractivity contribution in [3.05, 3.63) is 88.6 Å². The predicted octanol–water partition coefficient (Wildman–Crippen LogP) is 4.78. The Hall–Kier alpha value is -3.12. The molecule has 2 aromatic carbocycles. The number of nitrogens with zero attached hydrogens (tertiary/aromatic N) is 1. The summed E-state index contributed by atoms with van der Waals surface area (Å²) < 4.78 is 5.71. The minimum atomic E-state index is -0.111. The SMILES string of the molecule is C/C(=C\Nc1nc(C)c(C(=O)NCc2ccccc2)s1)COc1ccccc1. The Bertz CT molecular complexity index is 937. The molecule has 0 aliphatic heterocycles. The molecule has 1 amide bonds. The lowest BCUT2D eigenvalue weighted by molar-refractivity contribution is 0.0954. The molecular weight excluding hydrogens is 370 g/mol. The molecule has 1 heterocycles. The van der Waals surface area contributed by atoms with Crippen LogP contribution in [-0.2, 0) is 6.54 Å². The van der Waals surface area contributed by atoms with Crippen molar-refractivity contribution >= 4 is 22.4 Å². The molecular formula is C22H23N3O2S. The monoisotopic (exact) mass is 393 g/mol. The predicted molar refractivity (Wildman–Crippen MR) is 114 cm³/mol. The molecule has 5 nitrogen and oxygen atoms in total. The molecule has 0 saturated heterocycles. The maximum Gasteiger partial charge on any atom is 0.263 e. The second-order valence-electron chi connectivity index (χ2n) is 6.34. The third-order valence-corrected chi connectivity index (χ3v) is 5.04. The van der Waals surface area contributed by atoms with Gasteiger partial charge in [0.25, 0.3) is 5.91 Å². The van der Waals surface area contributed by atoms with Gasteiger partial charge in [-0.05, 0) is 37.1 Å². The number of hydrogen-bond donors (Lipinski definition) is 2. The van der Waals surface area contributed by atoms with E-state index in [0.29, 0.717) is 28.9 Å². The summed E-state index contributed by atoms with van der Waals surface area (Å²) in [6, 6.07) is 19.5. The van der Waals surface area contributed by atoms with E-state index in [-0.39, 0.29) is 5.91 Å². The van der Waals surface area contributed by atoms with Crippen molar-refractivity contribution < 1.29 is 9.53 Å². The summed E-state index contributed by atoms with van der Waals surface area (Å²) in [4.78, 5) is 17.5. The number of thiazole rings is 1. The zero-order valence-electron chi connectivity index (χ0n) is 15.9. The number of aryl methyl sites for hydroxylation is 1. The molecule has 0 aliphatic rings. The fraction of sp³-hybridized carbons (Fsp3) is 0.182. The molecule has 0 atom stereocenters. The van der Waals surface area contributed by atoms with Crippen LogP contribution in [0.2, 0.25) is 0 Å². The molecule has 3 rings (SSSR count). The van der Waals surface area contributed by atoms with Crippen molar-refractivity contribution in [2.45, 2.75) is 20.4 Å². The molecule has 1 aromatic heterocycles. The highest BCUT2D eigenvalue weighted by molar-refractivity contribution is 7.17. The molecule has 144 valence electrons. The Morgan fingerprint density at radius 2 is 1.79 bits per heavy atom. The number of ether oxygens (including phenoxy) is 1.